The second kappa shape index (κ2) is 6.51. The van der Waals surface area contributed by atoms with Crippen molar-refractivity contribution < 1.29 is 0 Å². The first-order valence-electron chi connectivity index (χ1n) is 7.34. The Morgan fingerprint density at radius 1 is 1.26 bits per heavy atom. The van der Waals surface area contributed by atoms with Crippen LogP contribution in [0.15, 0.2) is 24.3 Å². The zero-order valence-corrected chi connectivity index (χ0v) is 12.4. The van der Waals surface area contributed by atoms with Gasteiger partial charge in [-0.2, -0.15) is 0 Å². The summed E-state index contributed by atoms with van der Waals surface area (Å²) in [6, 6.07) is 9.49. The highest BCUT2D eigenvalue weighted by Gasteiger charge is 2.21. The number of benzene rings is 1. The van der Waals surface area contributed by atoms with Gasteiger partial charge in [0.05, 0.1) is 0 Å². The Kier molecular flexibility index (Phi) is 4.97. The fraction of sp³-hybridized carbons (Fsp3) is 0.625. The summed E-state index contributed by atoms with van der Waals surface area (Å²) in [7, 11) is 2.19. The molecule has 106 valence electrons. The van der Waals surface area contributed by atoms with Gasteiger partial charge in [-0.3, -0.25) is 0 Å². The molecule has 19 heavy (non-hydrogen) atoms. The second-order valence-corrected chi connectivity index (χ2v) is 6.00. The Morgan fingerprint density at radius 2 is 1.89 bits per heavy atom. The van der Waals surface area contributed by atoms with Gasteiger partial charge in [-0.15, -0.1) is 0 Å². The molecular weight excluding hydrogens is 234 g/mol. The monoisotopic (exact) mass is 261 g/mol. The van der Waals surface area contributed by atoms with Crippen LogP contribution in [0.3, 0.4) is 0 Å². The zero-order chi connectivity index (χ0) is 13.8. The normalized spacial score (nSPS) is 22.7. The van der Waals surface area contributed by atoms with Crippen LogP contribution in [0, 0.1) is 0 Å². The predicted octanol–water partition coefficient (Wildman–Crippen LogP) is 2.10. The van der Waals surface area contributed by atoms with E-state index in [-0.39, 0.29) is 6.04 Å². The first-order chi connectivity index (χ1) is 9.08. The molecule has 2 unspecified atom stereocenters. The standard InChI is InChI=1S/C16H27N3/c1-12(2)13-4-6-14(7-5-13)16(17)10-15-11-18-8-9-19(15)3/h4-7,12,15-16,18H,8-11,17H2,1-3H3. The van der Waals surface area contributed by atoms with Gasteiger partial charge in [0, 0.05) is 31.7 Å². The van der Waals surface area contributed by atoms with Crippen LogP contribution in [0.25, 0.3) is 0 Å². The third kappa shape index (κ3) is 3.78. The Bertz CT molecular complexity index is 385. The summed E-state index contributed by atoms with van der Waals surface area (Å²) in [5.74, 6) is 0.582. The molecule has 0 bridgehead atoms. The van der Waals surface area contributed by atoms with Crippen molar-refractivity contribution in [3.05, 3.63) is 35.4 Å². The number of likely N-dealkylation sites (N-methyl/N-ethyl adjacent to an activating group) is 1. The summed E-state index contributed by atoms with van der Waals surface area (Å²) < 4.78 is 0. The number of nitrogens with zero attached hydrogens (tertiary/aromatic N) is 1. The number of rotatable bonds is 4. The summed E-state index contributed by atoms with van der Waals surface area (Å²) in [6.07, 6.45) is 1.02. The highest BCUT2D eigenvalue weighted by molar-refractivity contribution is 5.26. The van der Waals surface area contributed by atoms with Crippen molar-refractivity contribution in [2.45, 2.75) is 38.3 Å². The molecule has 0 saturated carbocycles. The molecule has 1 heterocycles. The molecule has 1 aliphatic rings. The molecule has 1 aromatic carbocycles. The van der Waals surface area contributed by atoms with Crippen LogP contribution in [0.1, 0.15) is 43.4 Å². The minimum absolute atomic E-state index is 0.133. The number of nitrogens with one attached hydrogen (secondary N) is 1. The van der Waals surface area contributed by atoms with E-state index in [9.17, 15) is 0 Å². The van der Waals surface area contributed by atoms with Crippen molar-refractivity contribution in [2.75, 3.05) is 26.7 Å². The molecule has 0 radical (unpaired) electrons. The SMILES string of the molecule is CC(C)c1ccc(C(N)CC2CNCCN2C)cc1. The molecule has 0 aliphatic carbocycles. The number of piperazine rings is 1. The van der Waals surface area contributed by atoms with Gasteiger partial charge in [-0.1, -0.05) is 38.1 Å². The summed E-state index contributed by atoms with van der Waals surface area (Å²) in [5.41, 5.74) is 8.99. The predicted molar refractivity (Wildman–Crippen MR) is 81.4 cm³/mol. The van der Waals surface area contributed by atoms with Gasteiger partial charge in [-0.05, 0) is 30.5 Å². The maximum absolute atomic E-state index is 6.36. The Morgan fingerprint density at radius 3 is 2.47 bits per heavy atom. The first kappa shape index (κ1) is 14.5. The van der Waals surface area contributed by atoms with Crippen LogP contribution in [-0.4, -0.2) is 37.6 Å². The van der Waals surface area contributed by atoms with Crippen molar-refractivity contribution in [2.24, 2.45) is 5.73 Å². The maximum atomic E-state index is 6.36. The van der Waals surface area contributed by atoms with Gasteiger partial charge in [0.2, 0.25) is 0 Å². The molecule has 1 aliphatic heterocycles. The number of hydrogen-bond acceptors (Lipinski definition) is 3. The van der Waals surface area contributed by atoms with Crippen molar-refractivity contribution in [1.29, 1.82) is 0 Å². The Balaban J connectivity index is 1.97. The van der Waals surface area contributed by atoms with Crippen LogP contribution < -0.4 is 11.1 Å². The molecule has 3 heteroatoms. The zero-order valence-electron chi connectivity index (χ0n) is 12.4. The van der Waals surface area contributed by atoms with Gasteiger partial charge in [0.1, 0.15) is 0 Å². The van der Waals surface area contributed by atoms with E-state index in [1.165, 1.54) is 11.1 Å². The molecule has 1 fully saturated rings. The molecule has 0 spiro atoms. The molecule has 1 aromatic rings. The number of nitrogens with two attached hydrogens (primary N) is 1. The third-order valence-corrected chi connectivity index (χ3v) is 4.20. The maximum Gasteiger partial charge on any atom is 0.0310 e. The van der Waals surface area contributed by atoms with E-state index in [1.54, 1.807) is 0 Å². The van der Waals surface area contributed by atoms with Gasteiger partial charge < -0.3 is 16.0 Å². The van der Waals surface area contributed by atoms with E-state index in [4.69, 9.17) is 5.73 Å². The Hall–Kier alpha value is -0.900. The van der Waals surface area contributed by atoms with E-state index in [0.717, 1.165) is 26.1 Å². The van der Waals surface area contributed by atoms with Gasteiger partial charge in [-0.25, -0.2) is 0 Å². The summed E-state index contributed by atoms with van der Waals surface area (Å²) >= 11 is 0. The molecular formula is C16H27N3. The van der Waals surface area contributed by atoms with Crippen molar-refractivity contribution in [1.82, 2.24) is 10.2 Å². The van der Waals surface area contributed by atoms with Crippen molar-refractivity contribution >= 4 is 0 Å². The van der Waals surface area contributed by atoms with Gasteiger partial charge >= 0.3 is 0 Å². The quantitative estimate of drug-likeness (QED) is 0.872. The lowest BCUT2D eigenvalue weighted by molar-refractivity contribution is 0.182. The lowest BCUT2D eigenvalue weighted by Crippen LogP contribution is -2.50. The smallest absolute Gasteiger partial charge is 0.0310 e. The topological polar surface area (TPSA) is 41.3 Å². The fourth-order valence-electron chi connectivity index (χ4n) is 2.68. The van der Waals surface area contributed by atoms with Gasteiger partial charge in [0.25, 0.3) is 0 Å². The van der Waals surface area contributed by atoms with Crippen molar-refractivity contribution in [3.8, 4) is 0 Å². The van der Waals surface area contributed by atoms with Gasteiger partial charge in [0.15, 0.2) is 0 Å². The minimum atomic E-state index is 0.133. The van der Waals surface area contributed by atoms with Crippen LogP contribution >= 0.6 is 0 Å². The van der Waals surface area contributed by atoms with Crippen LogP contribution in [0.2, 0.25) is 0 Å². The average molecular weight is 261 g/mol. The number of hydrogen-bond donors (Lipinski definition) is 2. The second-order valence-electron chi connectivity index (χ2n) is 6.00. The molecule has 1 saturated heterocycles. The highest BCUT2D eigenvalue weighted by Crippen LogP contribution is 2.21. The minimum Gasteiger partial charge on any atom is -0.324 e. The summed E-state index contributed by atoms with van der Waals surface area (Å²) in [6.45, 7) is 7.69. The molecule has 0 aromatic heterocycles. The van der Waals surface area contributed by atoms with Crippen molar-refractivity contribution in [3.63, 3.8) is 0 Å². The van der Waals surface area contributed by atoms with E-state index in [1.807, 2.05) is 0 Å². The van der Waals surface area contributed by atoms with Crippen LogP contribution in [0.4, 0.5) is 0 Å². The Labute approximate surface area is 117 Å². The molecule has 0 amide bonds. The highest BCUT2D eigenvalue weighted by atomic mass is 15.2. The first-order valence-corrected chi connectivity index (χ1v) is 7.34. The molecule has 3 N–H and O–H groups in total. The van der Waals surface area contributed by atoms with Crippen LogP contribution in [-0.2, 0) is 0 Å². The largest absolute Gasteiger partial charge is 0.324 e. The fourth-order valence-corrected chi connectivity index (χ4v) is 2.68. The summed E-state index contributed by atoms with van der Waals surface area (Å²) in [5, 5.41) is 3.45. The average Bonchev–Trinajstić information content (AvgIpc) is 2.41. The van der Waals surface area contributed by atoms with E-state index in [2.05, 4.69) is 55.4 Å². The molecule has 3 nitrogen and oxygen atoms in total. The lowest BCUT2D eigenvalue weighted by atomic mass is 9.95. The molecule has 2 rings (SSSR count). The van der Waals surface area contributed by atoms with Crippen LogP contribution in [0.5, 0.6) is 0 Å². The third-order valence-electron chi connectivity index (χ3n) is 4.20. The summed E-state index contributed by atoms with van der Waals surface area (Å²) in [4.78, 5) is 2.42. The molecule has 2 atom stereocenters. The van der Waals surface area contributed by atoms with E-state index < -0.39 is 0 Å². The van der Waals surface area contributed by atoms with E-state index >= 15 is 0 Å². The lowest BCUT2D eigenvalue weighted by Gasteiger charge is -2.34. The van der Waals surface area contributed by atoms with E-state index in [0.29, 0.717) is 12.0 Å².